The van der Waals surface area contributed by atoms with Gasteiger partial charge >= 0.3 is 6.36 Å². The van der Waals surface area contributed by atoms with Gasteiger partial charge in [0.05, 0.1) is 23.3 Å². The zero-order valence-electron chi connectivity index (χ0n) is 16.9. The van der Waals surface area contributed by atoms with E-state index >= 15 is 0 Å². The SMILES string of the molecule is C=CC(=O)NCc1nn(-c2ccc(OC(F)(F)F)cc2)c(=C)/c1=C\C=C/C(C)CC. The molecule has 0 fully saturated rings. The van der Waals surface area contributed by atoms with Gasteiger partial charge in [-0.05, 0) is 36.3 Å². The number of ether oxygens (including phenoxy) is 1. The van der Waals surface area contributed by atoms with Crippen LogP contribution in [-0.4, -0.2) is 22.1 Å². The first-order valence-electron chi connectivity index (χ1n) is 9.36. The Kier molecular flexibility index (Phi) is 7.63. The Hall–Kier alpha value is -3.29. The van der Waals surface area contributed by atoms with Crippen LogP contribution in [0.15, 0.2) is 49.1 Å². The van der Waals surface area contributed by atoms with E-state index in [1.165, 1.54) is 28.9 Å². The molecule has 0 bridgehead atoms. The molecule has 1 aromatic heterocycles. The molecule has 8 heteroatoms. The van der Waals surface area contributed by atoms with Gasteiger partial charge in [-0.15, -0.1) is 13.2 Å². The number of hydrogen-bond acceptors (Lipinski definition) is 3. The van der Waals surface area contributed by atoms with Crippen LogP contribution in [0.5, 0.6) is 5.75 Å². The maximum absolute atomic E-state index is 12.4. The number of carbonyl (C=O) groups excluding carboxylic acids is 1. The number of alkyl halides is 3. The summed E-state index contributed by atoms with van der Waals surface area (Å²) >= 11 is 0. The average molecular weight is 419 g/mol. The van der Waals surface area contributed by atoms with Crippen molar-refractivity contribution in [1.29, 1.82) is 0 Å². The molecule has 1 unspecified atom stereocenters. The summed E-state index contributed by atoms with van der Waals surface area (Å²) in [7, 11) is 0. The first kappa shape index (κ1) is 23.0. The lowest BCUT2D eigenvalue weighted by Crippen LogP contribution is -2.30. The fraction of sp³-hybridized carbons (Fsp3) is 0.273. The summed E-state index contributed by atoms with van der Waals surface area (Å²) < 4.78 is 42.5. The third-order valence-electron chi connectivity index (χ3n) is 4.37. The lowest BCUT2D eigenvalue weighted by Gasteiger charge is -2.09. The van der Waals surface area contributed by atoms with Gasteiger partial charge in [-0.2, -0.15) is 5.10 Å². The second-order valence-electron chi connectivity index (χ2n) is 6.62. The van der Waals surface area contributed by atoms with Crippen LogP contribution in [0.1, 0.15) is 26.0 Å². The molecule has 2 aromatic rings. The van der Waals surface area contributed by atoms with Crippen LogP contribution in [0.25, 0.3) is 18.3 Å². The van der Waals surface area contributed by atoms with Gasteiger partial charge < -0.3 is 10.1 Å². The lowest BCUT2D eigenvalue weighted by atomic mass is 10.1. The third kappa shape index (κ3) is 6.37. The van der Waals surface area contributed by atoms with E-state index in [4.69, 9.17) is 0 Å². The summed E-state index contributed by atoms with van der Waals surface area (Å²) in [5, 5.41) is 8.42. The van der Waals surface area contributed by atoms with Gasteiger partial charge in [0.1, 0.15) is 5.75 Å². The molecule has 160 valence electrons. The highest BCUT2D eigenvalue weighted by Gasteiger charge is 2.31. The van der Waals surface area contributed by atoms with Crippen LogP contribution in [0.2, 0.25) is 0 Å². The van der Waals surface area contributed by atoms with Crippen LogP contribution in [0.4, 0.5) is 13.2 Å². The topological polar surface area (TPSA) is 56.2 Å². The van der Waals surface area contributed by atoms with E-state index < -0.39 is 6.36 Å². The largest absolute Gasteiger partial charge is 0.573 e. The molecule has 0 aliphatic carbocycles. The molecule has 1 aromatic carbocycles. The molecule has 0 saturated heterocycles. The van der Waals surface area contributed by atoms with Crippen LogP contribution >= 0.6 is 0 Å². The van der Waals surface area contributed by atoms with E-state index in [0.29, 0.717) is 22.6 Å². The Morgan fingerprint density at radius 2 is 2.00 bits per heavy atom. The predicted molar refractivity (Wildman–Crippen MR) is 110 cm³/mol. The van der Waals surface area contributed by atoms with Gasteiger partial charge in [-0.3, -0.25) is 4.79 Å². The molecular formula is C22H24F3N3O2. The normalized spacial score (nSPS) is 13.4. The summed E-state index contributed by atoms with van der Waals surface area (Å²) in [6.07, 6.45) is 3.21. The first-order valence-corrected chi connectivity index (χ1v) is 9.36. The molecular weight excluding hydrogens is 395 g/mol. The Morgan fingerprint density at radius 3 is 2.57 bits per heavy atom. The van der Waals surface area contributed by atoms with Crippen LogP contribution in [0, 0.1) is 5.92 Å². The summed E-state index contributed by atoms with van der Waals surface area (Å²) in [4.78, 5) is 11.5. The van der Waals surface area contributed by atoms with Crippen molar-refractivity contribution in [3.63, 3.8) is 0 Å². The van der Waals surface area contributed by atoms with E-state index in [2.05, 4.69) is 42.2 Å². The number of halogens is 3. The first-order chi connectivity index (χ1) is 14.1. The highest BCUT2D eigenvalue weighted by Crippen LogP contribution is 2.23. The fourth-order valence-electron chi connectivity index (χ4n) is 2.56. The highest BCUT2D eigenvalue weighted by molar-refractivity contribution is 5.86. The van der Waals surface area contributed by atoms with Crippen LogP contribution in [-0.2, 0) is 11.3 Å². The van der Waals surface area contributed by atoms with Crippen molar-refractivity contribution in [3.8, 4) is 11.4 Å². The number of carbonyl (C=O) groups is 1. The zero-order valence-corrected chi connectivity index (χ0v) is 16.9. The molecule has 1 atom stereocenters. The van der Waals surface area contributed by atoms with Gasteiger partial charge in [0.25, 0.3) is 0 Å². The summed E-state index contributed by atoms with van der Waals surface area (Å²) in [5.41, 5.74) is 1.08. The minimum Gasteiger partial charge on any atom is -0.406 e. The molecule has 0 radical (unpaired) electrons. The monoisotopic (exact) mass is 419 g/mol. The van der Waals surface area contributed by atoms with E-state index in [0.717, 1.165) is 17.7 Å². The van der Waals surface area contributed by atoms with E-state index in [1.807, 2.05) is 18.2 Å². The minimum absolute atomic E-state index is 0.151. The number of hydrogen-bond donors (Lipinski definition) is 1. The molecule has 1 N–H and O–H groups in total. The van der Waals surface area contributed by atoms with E-state index in [1.54, 1.807) is 0 Å². The van der Waals surface area contributed by atoms with Crippen molar-refractivity contribution in [3.05, 3.63) is 65.3 Å². The second-order valence-corrected chi connectivity index (χ2v) is 6.62. The molecule has 0 aliphatic heterocycles. The number of nitrogens with zero attached hydrogens (tertiary/aromatic N) is 2. The van der Waals surface area contributed by atoms with Gasteiger partial charge in [-0.1, -0.05) is 51.7 Å². The minimum atomic E-state index is -4.76. The number of nitrogens with one attached hydrogen (secondary N) is 1. The molecule has 0 spiro atoms. The molecule has 0 saturated carbocycles. The molecule has 5 nitrogen and oxygen atoms in total. The number of amides is 1. The molecule has 1 amide bonds. The smallest absolute Gasteiger partial charge is 0.406 e. The summed E-state index contributed by atoms with van der Waals surface area (Å²) in [6, 6.07) is 5.31. The second kappa shape index (κ2) is 9.96. The molecule has 2 rings (SSSR count). The van der Waals surface area contributed by atoms with Crippen molar-refractivity contribution in [1.82, 2.24) is 15.1 Å². The van der Waals surface area contributed by atoms with Crippen molar-refractivity contribution < 1.29 is 22.7 Å². The Labute approximate surface area is 172 Å². The zero-order chi connectivity index (χ0) is 22.3. The Balaban J connectivity index is 2.44. The molecule has 0 aliphatic rings. The van der Waals surface area contributed by atoms with Gasteiger partial charge in [0.2, 0.25) is 5.91 Å². The predicted octanol–water partition coefficient (Wildman–Crippen LogP) is 3.37. The maximum atomic E-state index is 12.4. The van der Waals surface area contributed by atoms with Gasteiger partial charge in [0, 0.05) is 5.22 Å². The highest BCUT2D eigenvalue weighted by atomic mass is 19.4. The fourth-order valence-corrected chi connectivity index (χ4v) is 2.56. The van der Waals surface area contributed by atoms with Gasteiger partial charge in [0.15, 0.2) is 0 Å². The maximum Gasteiger partial charge on any atom is 0.573 e. The van der Waals surface area contributed by atoms with Crippen molar-refractivity contribution in [2.75, 3.05) is 0 Å². The summed E-state index contributed by atoms with van der Waals surface area (Å²) in [5.74, 6) is -0.273. The Morgan fingerprint density at radius 1 is 1.33 bits per heavy atom. The third-order valence-corrected chi connectivity index (χ3v) is 4.37. The van der Waals surface area contributed by atoms with Crippen LogP contribution < -0.4 is 20.6 Å². The quantitative estimate of drug-likeness (QED) is 0.668. The molecule has 30 heavy (non-hydrogen) atoms. The number of rotatable bonds is 8. The van der Waals surface area contributed by atoms with E-state index in [-0.39, 0.29) is 18.2 Å². The summed E-state index contributed by atoms with van der Waals surface area (Å²) in [6.45, 7) is 11.8. The van der Waals surface area contributed by atoms with Gasteiger partial charge in [-0.25, -0.2) is 4.68 Å². The Bertz CT molecular complexity index is 1020. The number of allylic oxidation sites excluding steroid dienone is 2. The number of benzene rings is 1. The van der Waals surface area contributed by atoms with Crippen molar-refractivity contribution in [2.45, 2.75) is 33.2 Å². The van der Waals surface area contributed by atoms with Crippen molar-refractivity contribution in [2.24, 2.45) is 5.92 Å². The number of aromatic nitrogens is 2. The molecule has 1 heterocycles. The van der Waals surface area contributed by atoms with E-state index in [9.17, 15) is 18.0 Å². The lowest BCUT2D eigenvalue weighted by molar-refractivity contribution is -0.274. The van der Waals surface area contributed by atoms with Crippen molar-refractivity contribution >= 4 is 18.6 Å². The average Bonchev–Trinajstić information content (AvgIpc) is 3.01. The van der Waals surface area contributed by atoms with Crippen LogP contribution in [0.3, 0.4) is 0 Å². The standard InChI is InChI=1S/C22H24F3N3O2/c1-5-15(3)8-7-9-19-16(4)28(27-20(19)14-26-21(29)6-2)17-10-12-18(13-11-17)30-22(23,24)25/h6-13,15H,2,4-5,14H2,1,3H3,(H,26,29)/b8-7-,19-9+.